The molecule has 0 bridgehead atoms. The minimum atomic E-state index is -3.14. The quantitative estimate of drug-likeness (QED) is 0.751. The molecule has 1 saturated heterocycles. The highest BCUT2D eigenvalue weighted by Gasteiger charge is 2.19. The zero-order valence-corrected chi connectivity index (χ0v) is 16.0. The van der Waals surface area contributed by atoms with Crippen molar-refractivity contribution in [3.63, 3.8) is 0 Å². The fraction of sp³-hybridized carbons (Fsp3) is 0.684. The van der Waals surface area contributed by atoms with Crippen molar-refractivity contribution < 1.29 is 13.2 Å². The Balaban J connectivity index is 1.85. The largest absolute Gasteiger partial charge is 0.493 e. The summed E-state index contributed by atoms with van der Waals surface area (Å²) in [6, 6.07) is 6.74. The van der Waals surface area contributed by atoms with Gasteiger partial charge in [0.25, 0.3) is 0 Å². The Bertz CT molecular complexity index is 596. The number of nitrogens with zero attached hydrogens (tertiary/aromatic N) is 1. The van der Waals surface area contributed by atoms with Crippen molar-refractivity contribution in [2.45, 2.75) is 44.4 Å². The van der Waals surface area contributed by atoms with Gasteiger partial charge in [-0.1, -0.05) is 20.3 Å². The van der Waals surface area contributed by atoms with Gasteiger partial charge in [0.15, 0.2) is 9.84 Å². The molecule has 1 atom stereocenters. The summed E-state index contributed by atoms with van der Waals surface area (Å²) < 4.78 is 28.9. The molecule has 24 heavy (non-hydrogen) atoms. The van der Waals surface area contributed by atoms with Gasteiger partial charge in [-0.25, -0.2) is 8.42 Å². The molecule has 1 heterocycles. The van der Waals surface area contributed by atoms with Crippen LogP contribution >= 0.6 is 0 Å². The average molecular weight is 354 g/mol. The maximum Gasteiger partial charge on any atom is 0.175 e. The van der Waals surface area contributed by atoms with Crippen molar-refractivity contribution in [1.29, 1.82) is 0 Å². The molecule has 1 aromatic rings. The van der Waals surface area contributed by atoms with Gasteiger partial charge in [0.2, 0.25) is 0 Å². The molecule has 2 rings (SSSR count). The highest BCUT2D eigenvalue weighted by molar-refractivity contribution is 7.90. The summed E-state index contributed by atoms with van der Waals surface area (Å²) in [4.78, 5) is 2.91. The Morgan fingerprint density at radius 2 is 1.92 bits per heavy atom. The first-order valence-electron chi connectivity index (χ1n) is 9.00. The van der Waals surface area contributed by atoms with Crippen LogP contribution in [0.1, 0.15) is 39.5 Å². The van der Waals surface area contributed by atoms with E-state index in [1.165, 1.54) is 45.0 Å². The van der Waals surface area contributed by atoms with Crippen LogP contribution in [0.4, 0.5) is 0 Å². The Morgan fingerprint density at radius 3 is 2.54 bits per heavy atom. The van der Waals surface area contributed by atoms with E-state index in [1.54, 1.807) is 24.3 Å². The summed E-state index contributed by atoms with van der Waals surface area (Å²) >= 11 is 0. The third-order valence-electron chi connectivity index (χ3n) is 4.61. The molecule has 136 valence electrons. The topological polar surface area (TPSA) is 46.6 Å². The van der Waals surface area contributed by atoms with E-state index in [0.29, 0.717) is 17.4 Å². The second-order valence-corrected chi connectivity index (χ2v) is 9.42. The molecule has 5 heteroatoms. The predicted molar refractivity (Wildman–Crippen MR) is 98.3 cm³/mol. The Labute approximate surface area is 147 Å². The van der Waals surface area contributed by atoms with Crippen LogP contribution in [0.3, 0.4) is 0 Å². The monoisotopic (exact) mass is 353 g/mol. The van der Waals surface area contributed by atoms with Crippen molar-refractivity contribution >= 4 is 9.84 Å². The molecule has 1 fully saturated rings. The molecule has 4 nitrogen and oxygen atoms in total. The van der Waals surface area contributed by atoms with Gasteiger partial charge in [-0.3, -0.25) is 0 Å². The lowest BCUT2D eigenvalue weighted by Crippen LogP contribution is -2.32. The average Bonchev–Trinajstić information content (AvgIpc) is 2.76. The number of likely N-dealkylation sites (tertiary alicyclic amines) is 1. The molecule has 0 N–H and O–H groups in total. The second-order valence-electron chi connectivity index (χ2n) is 7.40. The molecular weight excluding hydrogens is 322 g/mol. The van der Waals surface area contributed by atoms with Crippen molar-refractivity contribution in [3.05, 3.63) is 24.3 Å². The molecule has 0 aromatic heterocycles. The van der Waals surface area contributed by atoms with Crippen LogP contribution in [-0.2, 0) is 9.84 Å². The van der Waals surface area contributed by atoms with Crippen LogP contribution in [0.25, 0.3) is 0 Å². The standard InChI is InChI=1S/C19H31NO3S/c1-16(2)11-13-20-12-5-4-6-17(14-20)15-23-18-7-9-19(10-8-18)24(3,21)22/h7-10,16-17H,4-6,11-15H2,1-3H3. The number of hydrogen-bond acceptors (Lipinski definition) is 4. The van der Waals surface area contributed by atoms with Crippen LogP contribution in [0.15, 0.2) is 29.2 Å². The summed E-state index contributed by atoms with van der Waals surface area (Å²) in [5, 5.41) is 0. The smallest absolute Gasteiger partial charge is 0.175 e. The van der Waals surface area contributed by atoms with Gasteiger partial charge in [-0.2, -0.15) is 0 Å². The molecule has 0 spiro atoms. The van der Waals surface area contributed by atoms with Gasteiger partial charge >= 0.3 is 0 Å². The fourth-order valence-electron chi connectivity index (χ4n) is 3.09. The number of hydrogen-bond donors (Lipinski definition) is 0. The first-order valence-corrected chi connectivity index (χ1v) is 10.9. The molecule has 1 aromatic carbocycles. The maximum atomic E-state index is 11.5. The zero-order valence-electron chi connectivity index (χ0n) is 15.2. The Hall–Kier alpha value is -1.07. The van der Waals surface area contributed by atoms with Gasteiger partial charge in [-0.05, 0) is 62.5 Å². The minimum absolute atomic E-state index is 0.337. The molecule has 0 amide bonds. The van der Waals surface area contributed by atoms with E-state index in [4.69, 9.17) is 4.74 Å². The minimum Gasteiger partial charge on any atom is -0.493 e. The summed E-state index contributed by atoms with van der Waals surface area (Å²) in [7, 11) is -3.14. The third kappa shape index (κ3) is 6.44. The number of ether oxygens (including phenoxy) is 1. The molecule has 1 aliphatic rings. The molecular formula is C19H31NO3S. The van der Waals surface area contributed by atoms with E-state index in [2.05, 4.69) is 18.7 Å². The van der Waals surface area contributed by atoms with Crippen molar-refractivity contribution in [2.75, 3.05) is 32.5 Å². The molecule has 0 aliphatic carbocycles. The fourth-order valence-corrected chi connectivity index (χ4v) is 3.72. The first-order chi connectivity index (χ1) is 11.3. The number of benzene rings is 1. The van der Waals surface area contributed by atoms with E-state index < -0.39 is 9.84 Å². The summed E-state index contributed by atoms with van der Waals surface area (Å²) in [6.45, 7) is 8.74. The van der Waals surface area contributed by atoms with Gasteiger partial charge < -0.3 is 9.64 Å². The Morgan fingerprint density at radius 1 is 1.21 bits per heavy atom. The molecule has 1 unspecified atom stereocenters. The van der Waals surface area contributed by atoms with Gasteiger partial charge in [-0.15, -0.1) is 0 Å². The van der Waals surface area contributed by atoms with Crippen LogP contribution in [0.2, 0.25) is 0 Å². The van der Waals surface area contributed by atoms with Crippen LogP contribution < -0.4 is 4.74 Å². The van der Waals surface area contributed by atoms with Crippen molar-refractivity contribution in [2.24, 2.45) is 11.8 Å². The maximum absolute atomic E-state index is 11.5. The normalized spacial score (nSPS) is 20.1. The lowest BCUT2D eigenvalue weighted by atomic mass is 10.0. The summed E-state index contributed by atoms with van der Waals surface area (Å²) in [5.41, 5.74) is 0. The lowest BCUT2D eigenvalue weighted by Gasteiger charge is -2.25. The van der Waals surface area contributed by atoms with E-state index in [-0.39, 0.29) is 0 Å². The predicted octanol–water partition coefficient (Wildman–Crippen LogP) is 3.62. The zero-order chi connectivity index (χ0) is 17.6. The SMILES string of the molecule is CC(C)CCN1CCCCC(COc2ccc(S(C)(=O)=O)cc2)C1. The summed E-state index contributed by atoms with van der Waals surface area (Å²) in [6.07, 6.45) is 6.22. The first kappa shape index (κ1) is 19.3. The van der Waals surface area contributed by atoms with E-state index in [9.17, 15) is 8.42 Å². The molecule has 0 saturated carbocycles. The second kappa shape index (κ2) is 8.86. The van der Waals surface area contributed by atoms with Gasteiger partial charge in [0.1, 0.15) is 5.75 Å². The molecule has 1 aliphatic heterocycles. The van der Waals surface area contributed by atoms with Crippen molar-refractivity contribution in [3.8, 4) is 5.75 Å². The third-order valence-corrected chi connectivity index (χ3v) is 5.74. The van der Waals surface area contributed by atoms with Crippen molar-refractivity contribution in [1.82, 2.24) is 4.90 Å². The highest BCUT2D eigenvalue weighted by atomic mass is 32.2. The van der Waals surface area contributed by atoms with E-state index in [0.717, 1.165) is 18.2 Å². The highest BCUT2D eigenvalue weighted by Crippen LogP contribution is 2.21. The van der Waals surface area contributed by atoms with Gasteiger partial charge in [0, 0.05) is 18.7 Å². The van der Waals surface area contributed by atoms with Gasteiger partial charge in [0.05, 0.1) is 11.5 Å². The van der Waals surface area contributed by atoms with Crippen LogP contribution in [0, 0.1) is 11.8 Å². The number of sulfone groups is 1. The summed E-state index contributed by atoms with van der Waals surface area (Å²) in [5.74, 6) is 2.05. The van der Waals surface area contributed by atoms with E-state index >= 15 is 0 Å². The molecule has 0 radical (unpaired) electrons. The lowest BCUT2D eigenvalue weighted by molar-refractivity contribution is 0.182. The van der Waals surface area contributed by atoms with E-state index in [1.807, 2.05) is 0 Å². The van der Waals surface area contributed by atoms with Crippen LogP contribution in [0.5, 0.6) is 5.75 Å². The number of rotatable bonds is 7. The Kier molecular flexibility index (Phi) is 7.11. The van der Waals surface area contributed by atoms with Crippen LogP contribution in [-0.4, -0.2) is 45.8 Å².